The van der Waals surface area contributed by atoms with Gasteiger partial charge in [0.05, 0.1) is 1.28 Å². The fourth-order valence-corrected chi connectivity index (χ4v) is 11.6. The molecule has 0 spiro atoms. The first kappa shape index (κ1) is 67.9. The SMILES string of the molecule is C(=C(c1ccccc1)c1ccccc1)c1ccc(-c2ccc(C=C(c3ccccc3)c3ccccc3)cc2)cc1.C(=C\c1ccc(N(c2ccccc2)c2ccccc2)cc1)/c1ccc(-c2ccc(/C=C/c3ccc(N(c4ccccc4)c4ccccc4)cc3)cc2)cc1.[2H]P.[BiH2].[V]. The van der Waals surface area contributed by atoms with Crippen LogP contribution in [0.3, 0.4) is 0 Å². The van der Waals surface area contributed by atoms with Crippen LogP contribution >= 0.6 is 9.84 Å². The summed E-state index contributed by atoms with van der Waals surface area (Å²) in [4.78, 5) is 4.56. The van der Waals surface area contributed by atoms with E-state index in [1.165, 1.54) is 77.9 Å². The Labute approximate surface area is 608 Å². The summed E-state index contributed by atoms with van der Waals surface area (Å²) in [6, 6.07) is 137. The number of hydrogen-bond acceptors (Lipinski definition) is 2. The van der Waals surface area contributed by atoms with E-state index in [0.717, 1.165) is 45.3 Å². The van der Waals surface area contributed by atoms with Crippen LogP contribution in [0.15, 0.2) is 388 Å². The Kier molecular flexibility index (Phi) is 24.7. The molecule has 2 radical (unpaired) electrons. The maximum absolute atomic E-state index is 5.67. The zero-order chi connectivity index (χ0) is 65.4. The largest absolute Gasteiger partial charge is 0 e. The topological polar surface area (TPSA) is 6.48 Å². The van der Waals surface area contributed by atoms with Crippen molar-refractivity contribution < 1.29 is 18.6 Å². The molecule has 14 aromatic carbocycles. The molecule has 0 fully saturated rings. The molecule has 0 amide bonds. The smallest absolute Gasteiger partial charge is 0 e. The van der Waals surface area contributed by atoms with Crippen LogP contribution in [0.1, 0.15) is 55.6 Å². The Hall–Kier alpha value is -10.5. The van der Waals surface area contributed by atoms with E-state index in [0.29, 0.717) is 0 Å². The molecule has 0 aromatic heterocycles. The third-order valence-electron chi connectivity index (χ3n) is 16.6. The van der Waals surface area contributed by atoms with E-state index in [-0.39, 0.29) is 44.8 Å². The molecule has 1 atom stereocenters. The molecule has 468 valence electrons. The number of benzene rings is 14. The average Bonchev–Trinajstić information content (AvgIpc) is 0.899. The predicted octanol–water partition coefficient (Wildman–Crippen LogP) is 24.3. The van der Waals surface area contributed by atoms with E-state index in [9.17, 15) is 0 Å². The van der Waals surface area contributed by atoms with Crippen molar-refractivity contribution in [2.24, 2.45) is 0 Å². The normalized spacial score (nSPS) is 10.6. The minimum Gasteiger partial charge on any atom is 0 e. The second kappa shape index (κ2) is 35.3. The monoisotopic (exact) mass is 1500 g/mol. The van der Waals surface area contributed by atoms with E-state index in [4.69, 9.17) is 1.28 Å². The molecular formula is C92H75BiN2PV. The number of nitrogens with zero attached hydrogens (tertiary/aromatic N) is 2. The van der Waals surface area contributed by atoms with Crippen molar-refractivity contribution in [3.63, 3.8) is 0 Å². The van der Waals surface area contributed by atoms with Crippen LogP contribution in [0, 0.1) is 0 Å². The summed E-state index contributed by atoms with van der Waals surface area (Å²) in [7, 11) is 1.67. The first-order valence-corrected chi connectivity index (χ1v) is 32.0. The van der Waals surface area contributed by atoms with Crippen LogP contribution in [0.5, 0.6) is 0 Å². The summed E-state index contributed by atoms with van der Waals surface area (Å²) in [5.41, 5.74) is 25.9. The minimum atomic E-state index is 0. The Balaban J connectivity index is 0.000000211. The van der Waals surface area contributed by atoms with Gasteiger partial charge in [0.2, 0.25) is 0 Å². The molecular weight excluding hydrogens is 1420 g/mol. The van der Waals surface area contributed by atoms with Crippen molar-refractivity contribution in [1.29, 1.82) is 1.28 Å². The summed E-state index contributed by atoms with van der Waals surface area (Å²) in [6.07, 6.45) is 13.2. The zero-order valence-corrected chi connectivity index (χ0v) is 61.0. The van der Waals surface area contributed by atoms with Crippen molar-refractivity contribution >= 4 is 118 Å². The second-order valence-corrected chi connectivity index (χ2v) is 22.9. The van der Waals surface area contributed by atoms with Crippen LogP contribution in [0.2, 0.25) is 0 Å². The first-order valence-electron chi connectivity index (χ1n) is 32.6. The minimum absolute atomic E-state index is 0. The van der Waals surface area contributed by atoms with Gasteiger partial charge < -0.3 is 9.80 Å². The summed E-state index contributed by atoms with van der Waals surface area (Å²) in [5.74, 6) is 0. The summed E-state index contributed by atoms with van der Waals surface area (Å²) < 4.78 is 5.67. The molecule has 2 nitrogen and oxygen atoms in total. The van der Waals surface area contributed by atoms with Crippen LogP contribution in [0.25, 0.3) is 69.9 Å². The van der Waals surface area contributed by atoms with Gasteiger partial charge in [-0.2, -0.15) is 9.84 Å². The van der Waals surface area contributed by atoms with Crippen LogP contribution < -0.4 is 9.80 Å². The van der Waals surface area contributed by atoms with Gasteiger partial charge in [-0.1, -0.05) is 340 Å². The fraction of sp³-hybridized carbons (Fsp3) is 0. The Morgan fingerprint density at radius 2 is 0.371 bits per heavy atom. The molecule has 97 heavy (non-hydrogen) atoms. The molecule has 14 rings (SSSR count). The number of para-hydroxylation sites is 4. The van der Waals surface area contributed by atoms with E-state index in [1.807, 2.05) is 0 Å². The molecule has 0 aliphatic carbocycles. The predicted molar refractivity (Wildman–Crippen MR) is 423 cm³/mol. The molecule has 0 saturated carbocycles. The second-order valence-electron chi connectivity index (χ2n) is 22.9. The first-order chi connectivity index (χ1) is 47.6. The summed E-state index contributed by atoms with van der Waals surface area (Å²) in [5, 5.41) is 0. The van der Waals surface area contributed by atoms with Crippen molar-refractivity contribution in [1.82, 2.24) is 0 Å². The van der Waals surface area contributed by atoms with E-state index < -0.39 is 0 Å². The van der Waals surface area contributed by atoms with Crippen molar-refractivity contribution in [3.8, 4) is 22.3 Å². The number of rotatable bonds is 18. The van der Waals surface area contributed by atoms with E-state index >= 15 is 0 Å². The van der Waals surface area contributed by atoms with Gasteiger partial charge in [0.1, 0.15) is 0 Å². The van der Waals surface area contributed by atoms with Gasteiger partial charge in [0.25, 0.3) is 0 Å². The van der Waals surface area contributed by atoms with Crippen molar-refractivity contribution in [3.05, 3.63) is 444 Å². The van der Waals surface area contributed by atoms with Crippen LogP contribution in [0.4, 0.5) is 34.1 Å². The number of anilines is 6. The Morgan fingerprint density at radius 3 is 0.577 bits per heavy atom. The van der Waals surface area contributed by atoms with Gasteiger partial charge in [0, 0.05) is 52.7 Å². The van der Waals surface area contributed by atoms with Crippen molar-refractivity contribution in [2.75, 3.05) is 9.80 Å². The third kappa shape index (κ3) is 18.5. The van der Waals surface area contributed by atoms with E-state index in [1.54, 1.807) is 9.84 Å². The van der Waals surface area contributed by atoms with Gasteiger partial charge in [-0.05, 0) is 174 Å². The quantitative estimate of drug-likeness (QED) is 0.0480. The van der Waals surface area contributed by atoms with Gasteiger partial charge in [0.15, 0.2) is 0 Å². The fourth-order valence-electron chi connectivity index (χ4n) is 11.6. The van der Waals surface area contributed by atoms with Crippen LogP contribution in [-0.2, 0) is 18.6 Å². The maximum Gasteiger partial charge on any atom is 0 e. The van der Waals surface area contributed by atoms with Gasteiger partial charge >= 0.3 is 26.2 Å². The molecule has 0 heterocycles. The zero-order valence-electron chi connectivity index (χ0n) is 54.9. The van der Waals surface area contributed by atoms with E-state index in [2.05, 4.69) is 435 Å². The molecule has 0 N–H and O–H groups in total. The Morgan fingerprint density at radius 1 is 0.206 bits per heavy atom. The molecule has 0 saturated heterocycles. The van der Waals surface area contributed by atoms with Crippen LogP contribution in [-0.4, -0.2) is 27.5 Å². The Bertz CT molecular complexity index is 4300. The molecule has 0 aliphatic rings. The molecule has 14 aromatic rings. The van der Waals surface area contributed by atoms with Gasteiger partial charge in [-0.3, -0.25) is 0 Å². The molecule has 1 unspecified atom stereocenters. The van der Waals surface area contributed by atoms with Crippen molar-refractivity contribution in [2.45, 2.75) is 0 Å². The summed E-state index contributed by atoms with van der Waals surface area (Å²) in [6.45, 7) is 0. The van der Waals surface area contributed by atoms with Gasteiger partial charge in [-0.15, -0.1) is 0 Å². The average molecular weight is 1500 g/mol. The molecule has 5 heteroatoms. The van der Waals surface area contributed by atoms with Gasteiger partial charge in [-0.25, -0.2) is 0 Å². The number of hydrogen-bond donors (Lipinski definition) is 0. The molecule has 0 aliphatic heterocycles. The molecule has 0 bridgehead atoms. The third-order valence-corrected chi connectivity index (χ3v) is 16.6. The standard InChI is InChI=1S/C52H40N2.C40H30.Bi.H3P.V.2H/c1-5-13-47(14-6-1)53(48-15-7-2-8-16-48)51-37-29-43(30-38-51)23-21-41-25-33-45(34-26-41)46-35-27-42(28-36-46)22-24-44-31-39-52(40-32-44)54(49-17-9-3-10-18-49)50-19-11-4-12-20-50;1-5-13-35(14-6-1)39(36-15-7-2-8-16-36)29-31-21-25-33(26-22-31)34-27-23-32(24-28-34)30-40(37-17-9-3-10-18-37)38-19-11-4-12-20-38;;;;;/h1-40H;1-30H;;1H3;;;/b23-21+,24-22+;;;;;;/i;;;1D;;;. The summed E-state index contributed by atoms with van der Waals surface area (Å²) >= 11 is 0. The maximum atomic E-state index is 5.67.